The largest absolute Gasteiger partial charge is 0.235 e. The van der Waals surface area contributed by atoms with E-state index >= 15 is 0 Å². The number of allylic oxidation sites excluding steroid dienone is 1. The summed E-state index contributed by atoms with van der Waals surface area (Å²) in [5, 5.41) is 11.8. The van der Waals surface area contributed by atoms with E-state index in [1.54, 1.807) is 30.3 Å². The first kappa shape index (κ1) is 18.0. The zero-order valence-electron chi connectivity index (χ0n) is 13.1. The molecule has 0 saturated heterocycles. The van der Waals surface area contributed by atoms with E-state index in [4.69, 9.17) is 34.8 Å². The molecule has 1 heterocycles. The topological polar surface area (TPSA) is 36.7 Å². The van der Waals surface area contributed by atoms with Gasteiger partial charge in [-0.1, -0.05) is 53.0 Å². The molecule has 6 heteroatoms. The zero-order chi connectivity index (χ0) is 18.0. The van der Waals surface area contributed by atoms with E-state index in [0.717, 1.165) is 21.7 Å². The van der Waals surface area contributed by atoms with Crippen molar-refractivity contribution in [1.29, 1.82) is 5.26 Å². The second kappa shape index (κ2) is 7.59. The minimum atomic E-state index is 0.477. The number of hydrogen-bond donors (Lipinski definition) is 0. The molecule has 0 aliphatic rings. The van der Waals surface area contributed by atoms with E-state index in [2.05, 4.69) is 11.1 Å². The van der Waals surface area contributed by atoms with Crippen molar-refractivity contribution in [2.45, 2.75) is 6.92 Å². The molecule has 0 N–H and O–H groups in total. The van der Waals surface area contributed by atoms with Crippen LogP contribution in [0.15, 0.2) is 42.5 Å². The van der Waals surface area contributed by atoms with Crippen LogP contribution in [0.2, 0.25) is 15.1 Å². The fraction of sp³-hybridized carbons (Fsp3) is 0.0526. The molecule has 124 valence electrons. The van der Waals surface area contributed by atoms with Gasteiger partial charge in [-0.3, -0.25) is 0 Å². The molecular formula is C19H11Cl3N2S. The molecule has 0 aliphatic carbocycles. The molecule has 25 heavy (non-hydrogen) atoms. The van der Waals surface area contributed by atoms with Crippen molar-refractivity contribution in [2.24, 2.45) is 0 Å². The molecule has 2 aromatic carbocycles. The van der Waals surface area contributed by atoms with E-state index < -0.39 is 0 Å². The maximum absolute atomic E-state index is 9.53. The van der Waals surface area contributed by atoms with Crippen molar-refractivity contribution in [3.05, 3.63) is 73.0 Å². The van der Waals surface area contributed by atoms with Gasteiger partial charge in [-0.05, 0) is 42.8 Å². The molecule has 0 amide bonds. The van der Waals surface area contributed by atoms with Gasteiger partial charge in [0.05, 0.1) is 21.3 Å². The Hall–Kier alpha value is -1.83. The SMILES string of the molecule is Cc1sc(C(C#N)=Cc2ccc(Cl)cc2)nc1-c1ccc(Cl)c(Cl)c1. The standard InChI is InChI=1S/C19H11Cl3N2S/c1-11-18(13-4-7-16(21)17(22)9-13)24-19(25-11)14(10-23)8-12-2-5-15(20)6-3-12/h2-9H,1H3. The molecular weight excluding hydrogens is 395 g/mol. The predicted octanol–water partition coefficient (Wildman–Crippen LogP) is 7.14. The van der Waals surface area contributed by atoms with Gasteiger partial charge >= 0.3 is 0 Å². The molecule has 0 radical (unpaired) electrons. The third-order valence-corrected chi connectivity index (χ3v) is 5.52. The second-order valence-corrected chi connectivity index (χ2v) is 7.73. The Bertz CT molecular complexity index is 998. The van der Waals surface area contributed by atoms with Gasteiger partial charge < -0.3 is 0 Å². The van der Waals surface area contributed by atoms with Crippen molar-refractivity contribution < 1.29 is 0 Å². The Morgan fingerprint density at radius 3 is 2.44 bits per heavy atom. The van der Waals surface area contributed by atoms with Gasteiger partial charge in [-0.25, -0.2) is 4.98 Å². The number of halogens is 3. The quantitative estimate of drug-likeness (QED) is 0.434. The van der Waals surface area contributed by atoms with Crippen molar-refractivity contribution >= 4 is 57.8 Å². The fourth-order valence-electron chi connectivity index (χ4n) is 2.29. The van der Waals surface area contributed by atoms with E-state index in [1.807, 2.05) is 25.1 Å². The van der Waals surface area contributed by atoms with Crippen LogP contribution < -0.4 is 0 Å². The first-order chi connectivity index (χ1) is 12.0. The number of rotatable bonds is 3. The van der Waals surface area contributed by atoms with Crippen molar-refractivity contribution in [1.82, 2.24) is 4.98 Å². The predicted molar refractivity (Wildman–Crippen MR) is 107 cm³/mol. The summed E-state index contributed by atoms with van der Waals surface area (Å²) in [6.45, 7) is 1.97. The highest BCUT2D eigenvalue weighted by atomic mass is 35.5. The number of aromatic nitrogens is 1. The average Bonchev–Trinajstić information content (AvgIpc) is 2.98. The van der Waals surface area contributed by atoms with E-state index in [0.29, 0.717) is 25.6 Å². The molecule has 0 bridgehead atoms. The van der Waals surface area contributed by atoms with Gasteiger partial charge in [0.15, 0.2) is 0 Å². The van der Waals surface area contributed by atoms with Crippen LogP contribution in [0.4, 0.5) is 0 Å². The summed E-state index contributed by atoms with van der Waals surface area (Å²) in [5.41, 5.74) is 3.07. The number of thiazole rings is 1. The first-order valence-electron chi connectivity index (χ1n) is 7.28. The van der Waals surface area contributed by atoms with Crippen molar-refractivity contribution in [2.75, 3.05) is 0 Å². The lowest BCUT2D eigenvalue weighted by molar-refractivity contribution is 1.34. The Balaban J connectivity index is 2.01. The van der Waals surface area contributed by atoms with Crippen LogP contribution in [0.1, 0.15) is 15.4 Å². The minimum Gasteiger partial charge on any atom is -0.235 e. The molecule has 1 aromatic heterocycles. The van der Waals surface area contributed by atoms with Gasteiger partial charge in [-0.15, -0.1) is 11.3 Å². The van der Waals surface area contributed by atoms with Crippen LogP contribution in [0.25, 0.3) is 22.9 Å². The minimum absolute atomic E-state index is 0.477. The molecule has 3 rings (SSSR count). The molecule has 0 aliphatic heterocycles. The van der Waals surface area contributed by atoms with Crippen LogP contribution in [0.5, 0.6) is 0 Å². The highest BCUT2D eigenvalue weighted by molar-refractivity contribution is 7.13. The van der Waals surface area contributed by atoms with Crippen LogP contribution in [0, 0.1) is 18.3 Å². The lowest BCUT2D eigenvalue weighted by Crippen LogP contribution is -1.84. The Labute approximate surface area is 164 Å². The van der Waals surface area contributed by atoms with Crippen LogP contribution in [-0.4, -0.2) is 4.98 Å². The molecule has 0 saturated carbocycles. The Morgan fingerprint density at radius 1 is 1.08 bits per heavy atom. The maximum Gasteiger partial charge on any atom is 0.134 e. The molecule has 2 nitrogen and oxygen atoms in total. The van der Waals surface area contributed by atoms with Crippen LogP contribution >= 0.6 is 46.1 Å². The summed E-state index contributed by atoms with van der Waals surface area (Å²) in [6.07, 6.45) is 1.80. The molecule has 3 aromatic rings. The third kappa shape index (κ3) is 4.05. The smallest absolute Gasteiger partial charge is 0.134 e. The summed E-state index contributed by atoms with van der Waals surface area (Å²) in [4.78, 5) is 5.64. The van der Waals surface area contributed by atoms with E-state index in [1.165, 1.54) is 11.3 Å². The highest BCUT2D eigenvalue weighted by Gasteiger charge is 2.14. The molecule has 0 unspecified atom stereocenters. The number of hydrogen-bond acceptors (Lipinski definition) is 3. The highest BCUT2D eigenvalue weighted by Crippen LogP contribution is 2.34. The lowest BCUT2D eigenvalue weighted by Gasteiger charge is -2.01. The number of nitriles is 1. The van der Waals surface area contributed by atoms with E-state index in [-0.39, 0.29) is 0 Å². The fourth-order valence-corrected chi connectivity index (χ4v) is 3.62. The van der Waals surface area contributed by atoms with Gasteiger partial charge in [0.25, 0.3) is 0 Å². The van der Waals surface area contributed by atoms with Crippen molar-refractivity contribution in [3.8, 4) is 17.3 Å². The van der Waals surface area contributed by atoms with Gasteiger partial charge in [0, 0.05) is 15.5 Å². The summed E-state index contributed by atoms with van der Waals surface area (Å²) < 4.78 is 0. The average molecular weight is 406 g/mol. The van der Waals surface area contributed by atoms with Gasteiger partial charge in [0.2, 0.25) is 0 Å². The molecule has 0 atom stereocenters. The number of aryl methyl sites for hydroxylation is 1. The van der Waals surface area contributed by atoms with E-state index in [9.17, 15) is 5.26 Å². The number of benzene rings is 2. The zero-order valence-corrected chi connectivity index (χ0v) is 16.1. The summed E-state index contributed by atoms with van der Waals surface area (Å²) in [5.74, 6) is 0. The maximum atomic E-state index is 9.53. The van der Waals surface area contributed by atoms with Crippen LogP contribution in [0.3, 0.4) is 0 Å². The normalized spacial score (nSPS) is 11.4. The van der Waals surface area contributed by atoms with Crippen LogP contribution in [-0.2, 0) is 0 Å². The summed E-state index contributed by atoms with van der Waals surface area (Å²) in [7, 11) is 0. The monoisotopic (exact) mass is 404 g/mol. The summed E-state index contributed by atoms with van der Waals surface area (Å²) >= 11 is 19.4. The Morgan fingerprint density at radius 2 is 1.80 bits per heavy atom. The number of nitrogens with zero attached hydrogens (tertiary/aromatic N) is 2. The summed E-state index contributed by atoms with van der Waals surface area (Å²) in [6, 6.07) is 14.9. The Kier molecular flexibility index (Phi) is 5.46. The van der Waals surface area contributed by atoms with Gasteiger partial charge in [0.1, 0.15) is 11.1 Å². The molecule has 0 spiro atoms. The van der Waals surface area contributed by atoms with Gasteiger partial charge in [-0.2, -0.15) is 5.26 Å². The molecule has 0 fully saturated rings. The lowest BCUT2D eigenvalue weighted by atomic mass is 10.1. The first-order valence-corrected chi connectivity index (χ1v) is 9.23. The second-order valence-electron chi connectivity index (χ2n) is 5.27. The third-order valence-electron chi connectivity index (χ3n) is 3.52. The van der Waals surface area contributed by atoms with Crippen molar-refractivity contribution in [3.63, 3.8) is 0 Å².